The third kappa shape index (κ3) is 3.36. The monoisotopic (exact) mass is 338 g/mol. The fourth-order valence-corrected chi connectivity index (χ4v) is 3.86. The zero-order chi connectivity index (χ0) is 15.5. The van der Waals surface area contributed by atoms with Crippen molar-refractivity contribution >= 4 is 39.1 Å². The number of piperidine rings is 1. The highest BCUT2D eigenvalue weighted by atomic mass is 35.5. The molecule has 1 aromatic carbocycles. The number of fused-ring (bicyclic) bond motifs is 1. The maximum absolute atomic E-state index is 11.9. The lowest BCUT2D eigenvalue weighted by atomic mass is 10.1. The Balaban J connectivity index is 1.60. The molecule has 3 rings (SSSR count). The summed E-state index contributed by atoms with van der Waals surface area (Å²) in [6.45, 7) is 3.58. The van der Waals surface area contributed by atoms with Gasteiger partial charge in [0.25, 0.3) is 5.19 Å². The standard InChI is InChI=1S/C16H19ClN2O2S/c1-2-4-14(20)19-9-7-11(8-10-19)21-16-18-15-12(17)5-3-6-13(15)22-16/h3,5-6,11H,2,4,7-10H2,1H3. The van der Waals surface area contributed by atoms with Gasteiger partial charge in [-0.3, -0.25) is 4.79 Å². The van der Waals surface area contributed by atoms with Gasteiger partial charge in [-0.1, -0.05) is 35.9 Å². The van der Waals surface area contributed by atoms with Crippen LogP contribution in [0, 0.1) is 0 Å². The molecule has 2 aromatic rings. The van der Waals surface area contributed by atoms with Gasteiger partial charge >= 0.3 is 0 Å². The van der Waals surface area contributed by atoms with Crippen LogP contribution < -0.4 is 4.74 Å². The Morgan fingerprint density at radius 1 is 1.45 bits per heavy atom. The van der Waals surface area contributed by atoms with Gasteiger partial charge in [0.1, 0.15) is 11.6 Å². The summed E-state index contributed by atoms with van der Waals surface area (Å²) in [6, 6.07) is 5.76. The number of amides is 1. The first-order valence-electron chi connectivity index (χ1n) is 7.67. The fourth-order valence-electron chi connectivity index (χ4n) is 2.68. The molecule has 0 bridgehead atoms. The summed E-state index contributed by atoms with van der Waals surface area (Å²) in [4.78, 5) is 18.3. The van der Waals surface area contributed by atoms with Crippen molar-refractivity contribution < 1.29 is 9.53 Å². The predicted octanol–water partition coefficient (Wildman–Crippen LogP) is 4.12. The van der Waals surface area contributed by atoms with Crippen molar-refractivity contribution in [3.8, 4) is 5.19 Å². The van der Waals surface area contributed by atoms with Crippen LogP contribution in [0.5, 0.6) is 5.19 Å². The Morgan fingerprint density at radius 2 is 2.23 bits per heavy atom. The first kappa shape index (κ1) is 15.6. The summed E-state index contributed by atoms with van der Waals surface area (Å²) in [7, 11) is 0. The topological polar surface area (TPSA) is 42.4 Å². The Kier molecular flexibility index (Phi) is 4.84. The maximum Gasteiger partial charge on any atom is 0.274 e. The van der Waals surface area contributed by atoms with E-state index in [9.17, 15) is 4.79 Å². The number of ether oxygens (including phenoxy) is 1. The molecule has 0 atom stereocenters. The molecule has 0 radical (unpaired) electrons. The van der Waals surface area contributed by atoms with Gasteiger partial charge in [0.2, 0.25) is 5.91 Å². The van der Waals surface area contributed by atoms with Crippen molar-refractivity contribution in [3.05, 3.63) is 23.2 Å². The molecule has 22 heavy (non-hydrogen) atoms. The summed E-state index contributed by atoms with van der Waals surface area (Å²) in [5, 5.41) is 1.32. The van der Waals surface area contributed by atoms with E-state index in [0.29, 0.717) is 16.6 Å². The number of halogens is 1. The lowest BCUT2D eigenvalue weighted by Gasteiger charge is -2.31. The molecule has 4 nitrogen and oxygen atoms in total. The van der Waals surface area contributed by atoms with E-state index in [4.69, 9.17) is 16.3 Å². The molecule has 1 saturated heterocycles. The summed E-state index contributed by atoms with van der Waals surface area (Å²) in [5.74, 6) is 0.257. The van der Waals surface area contributed by atoms with Crippen molar-refractivity contribution in [2.75, 3.05) is 13.1 Å². The van der Waals surface area contributed by atoms with E-state index in [0.717, 1.165) is 42.6 Å². The van der Waals surface area contributed by atoms with E-state index in [-0.39, 0.29) is 12.0 Å². The lowest BCUT2D eigenvalue weighted by Crippen LogP contribution is -2.41. The largest absolute Gasteiger partial charge is 0.467 e. The zero-order valence-electron chi connectivity index (χ0n) is 12.5. The van der Waals surface area contributed by atoms with Crippen LogP contribution in [-0.2, 0) is 4.79 Å². The zero-order valence-corrected chi connectivity index (χ0v) is 14.1. The number of benzene rings is 1. The van der Waals surface area contributed by atoms with Crippen molar-refractivity contribution in [1.29, 1.82) is 0 Å². The van der Waals surface area contributed by atoms with Crippen LogP contribution in [0.1, 0.15) is 32.6 Å². The number of carbonyl (C=O) groups is 1. The SMILES string of the molecule is CCCC(=O)N1CCC(Oc2nc3c(Cl)cccc3s2)CC1. The molecule has 1 aliphatic heterocycles. The number of nitrogens with zero attached hydrogens (tertiary/aromatic N) is 2. The number of aromatic nitrogens is 1. The van der Waals surface area contributed by atoms with Gasteiger partial charge in [0.15, 0.2) is 0 Å². The van der Waals surface area contributed by atoms with Gasteiger partial charge in [-0.2, -0.15) is 0 Å². The average Bonchev–Trinajstić information content (AvgIpc) is 2.92. The molecule has 0 N–H and O–H groups in total. The summed E-state index contributed by atoms with van der Waals surface area (Å²) >= 11 is 7.66. The van der Waals surface area contributed by atoms with E-state index in [2.05, 4.69) is 4.98 Å². The smallest absolute Gasteiger partial charge is 0.274 e. The minimum absolute atomic E-state index is 0.130. The van der Waals surface area contributed by atoms with Gasteiger partial charge in [0.05, 0.1) is 9.72 Å². The Hall–Kier alpha value is -1.33. The molecule has 0 aliphatic carbocycles. The fraction of sp³-hybridized carbons (Fsp3) is 0.500. The summed E-state index contributed by atoms with van der Waals surface area (Å²) in [6.07, 6.45) is 3.40. The molecule has 6 heteroatoms. The number of carbonyl (C=O) groups excluding carboxylic acids is 1. The van der Waals surface area contributed by atoms with Gasteiger partial charge in [-0.25, -0.2) is 4.98 Å². The third-order valence-corrected chi connectivity index (χ3v) is 5.09. The van der Waals surface area contributed by atoms with Crippen molar-refractivity contribution in [2.45, 2.75) is 38.7 Å². The quantitative estimate of drug-likeness (QED) is 0.842. The molecule has 1 aromatic heterocycles. The first-order valence-corrected chi connectivity index (χ1v) is 8.86. The number of rotatable bonds is 4. The summed E-state index contributed by atoms with van der Waals surface area (Å²) in [5.41, 5.74) is 0.805. The van der Waals surface area contributed by atoms with Gasteiger partial charge in [-0.15, -0.1) is 0 Å². The third-order valence-electron chi connectivity index (χ3n) is 3.88. The number of thiazole rings is 1. The molecule has 1 fully saturated rings. The molecule has 0 unspecified atom stereocenters. The van der Waals surface area contributed by atoms with Crippen LogP contribution in [0.3, 0.4) is 0 Å². The van der Waals surface area contributed by atoms with E-state index < -0.39 is 0 Å². The normalized spacial score (nSPS) is 16.2. The number of para-hydroxylation sites is 1. The molecular weight excluding hydrogens is 320 g/mol. The van der Waals surface area contributed by atoms with Crippen molar-refractivity contribution in [1.82, 2.24) is 9.88 Å². The molecule has 1 aliphatic rings. The summed E-state index contributed by atoms with van der Waals surface area (Å²) < 4.78 is 7.03. The van der Waals surface area contributed by atoms with Gasteiger partial charge in [-0.05, 0) is 18.6 Å². The van der Waals surface area contributed by atoms with Gasteiger partial charge < -0.3 is 9.64 Å². The first-order chi connectivity index (χ1) is 10.7. The second kappa shape index (κ2) is 6.84. The molecule has 118 valence electrons. The maximum atomic E-state index is 11.9. The highest BCUT2D eigenvalue weighted by Crippen LogP contribution is 2.33. The van der Waals surface area contributed by atoms with Crippen LogP contribution in [0.4, 0.5) is 0 Å². The van der Waals surface area contributed by atoms with Crippen LogP contribution in [0.15, 0.2) is 18.2 Å². The van der Waals surface area contributed by atoms with Gasteiger partial charge in [0, 0.05) is 32.4 Å². The van der Waals surface area contributed by atoms with Crippen molar-refractivity contribution in [3.63, 3.8) is 0 Å². The van der Waals surface area contributed by atoms with Crippen LogP contribution in [0.25, 0.3) is 10.2 Å². The molecule has 0 saturated carbocycles. The number of likely N-dealkylation sites (tertiary alicyclic amines) is 1. The van der Waals surface area contributed by atoms with Crippen LogP contribution in [-0.4, -0.2) is 35.0 Å². The molecular formula is C16H19ClN2O2S. The van der Waals surface area contributed by atoms with E-state index >= 15 is 0 Å². The Bertz CT molecular complexity index is 665. The molecule has 1 amide bonds. The molecule has 0 spiro atoms. The highest BCUT2D eigenvalue weighted by molar-refractivity contribution is 7.20. The minimum Gasteiger partial charge on any atom is -0.467 e. The second-order valence-corrected chi connectivity index (χ2v) is 6.91. The molecule has 2 heterocycles. The average molecular weight is 339 g/mol. The predicted molar refractivity (Wildman–Crippen MR) is 89.8 cm³/mol. The Labute approximate surface area is 139 Å². The second-order valence-electron chi connectivity index (χ2n) is 5.51. The van der Waals surface area contributed by atoms with Crippen LogP contribution in [0.2, 0.25) is 5.02 Å². The minimum atomic E-state index is 0.130. The van der Waals surface area contributed by atoms with Crippen LogP contribution >= 0.6 is 22.9 Å². The number of hydrogen-bond acceptors (Lipinski definition) is 4. The van der Waals surface area contributed by atoms with E-state index in [1.54, 1.807) is 0 Å². The van der Waals surface area contributed by atoms with E-state index in [1.807, 2.05) is 30.0 Å². The highest BCUT2D eigenvalue weighted by Gasteiger charge is 2.24. The number of hydrogen-bond donors (Lipinski definition) is 0. The Morgan fingerprint density at radius 3 is 2.91 bits per heavy atom. The lowest BCUT2D eigenvalue weighted by molar-refractivity contribution is -0.133. The van der Waals surface area contributed by atoms with E-state index in [1.165, 1.54) is 11.3 Å². The van der Waals surface area contributed by atoms with Crippen molar-refractivity contribution in [2.24, 2.45) is 0 Å².